The van der Waals surface area contributed by atoms with Crippen LogP contribution in [0.1, 0.15) is 18.4 Å². The fourth-order valence-corrected chi connectivity index (χ4v) is 4.18. The van der Waals surface area contributed by atoms with Crippen LogP contribution in [0, 0.1) is 5.92 Å². The zero-order valence-electron chi connectivity index (χ0n) is 15.6. The van der Waals surface area contributed by atoms with Crippen molar-refractivity contribution < 1.29 is 4.79 Å². The Balaban J connectivity index is 1.39. The van der Waals surface area contributed by atoms with E-state index in [0.717, 1.165) is 36.8 Å². The van der Waals surface area contributed by atoms with Crippen LogP contribution >= 0.6 is 15.9 Å². The van der Waals surface area contributed by atoms with Crippen molar-refractivity contribution in [2.45, 2.75) is 25.8 Å². The SMILES string of the molecule is O=C(Cn1cnc2ccc(Br)cc2c1=O)N1CCC(Cc2ccccc2)CC1. The van der Waals surface area contributed by atoms with E-state index in [2.05, 4.69) is 45.2 Å². The molecule has 1 aliphatic rings. The maximum absolute atomic E-state index is 12.7. The summed E-state index contributed by atoms with van der Waals surface area (Å²) in [5.74, 6) is 0.588. The Morgan fingerprint density at radius 2 is 1.86 bits per heavy atom. The van der Waals surface area contributed by atoms with Crippen molar-refractivity contribution in [2.24, 2.45) is 5.92 Å². The predicted molar refractivity (Wildman–Crippen MR) is 113 cm³/mol. The van der Waals surface area contributed by atoms with Crippen LogP contribution in [0.5, 0.6) is 0 Å². The Bertz CT molecular complexity index is 1040. The van der Waals surface area contributed by atoms with Gasteiger partial charge >= 0.3 is 0 Å². The van der Waals surface area contributed by atoms with Crippen molar-refractivity contribution in [1.82, 2.24) is 14.5 Å². The first-order valence-corrected chi connectivity index (χ1v) is 10.4. The average molecular weight is 440 g/mol. The molecule has 1 saturated heterocycles. The summed E-state index contributed by atoms with van der Waals surface area (Å²) in [5, 5.41) is 0.520. The highest BCUT2D eigenvalue weighted by Crippen LogP contribution is 2.22. The predicted octanol–water partition coefficient (Wildman–Crippen LogP) is 3.64. The largest absolute Gasteiger partial charge is 0.341 e. The summed E-state index contributed by atoms with van der Waals surface area (Å²) in [4.78, 5) is 31.6. The number of hydrogen-bond acceptors (Lipinski definition) is 3. The number of fused-ring (bicyclic) bond motifs is 1. The lowest BCUT2D eigenvalue weighted by Gasteiger charge is -2.32. The number of nitrogens with zero attached hydrogens (tertiary/aromatic N) is 3. The second-order valence-corrected chi connectivity index (χ2v) is 8.27. The number of benzene rings is 2. The Labute approximate surface area is 172 Å². The molecule has 3 aromatic rings. The van der Waals surface area contributed by atoms with Crippen molar-refractivity contribution in [3.05, 3.63) is 75.2 Å². The zero-order valence-corrected chi connectivity index (χ0v) is 17.1. The van der Waals surface area contributed by atoms with Gasteiger partial charge in [-0.2, -0.15) is 0 Å². The summed E-state index contributed by atoms with van der Waals surface area (Å²) < 4.78 is 2.23. The van der Waals surface area contributed by atoms with Gasteiger partial charge in [0.1, 0.15) is 6.54 Å². The smallest absolute Gasteiger partial charge is 0.261 e. The lowest BCUT2D eigenvalue weighted by atomic mass is 9.90. The molecule has 4 rings (SSSR count). The second kappa shape index (κ2) is 8.27. The molecule has 2 aromatic carbocycles. The van der Waals surface area contributed by atoms with Crippen LogP contribution in [0.3, 0.4) is 0 Å². The Kier molecular flexibility index (Phi) is 5.57. The van der Waals surface area contributed by atoms with Crippen molar-refractivity contribution in [3.63, 3.8) is 0 Å². The number of rotatable bonds is 4. The van der Waals surface area contributed by atoms with E-state index in [9.17, 15) is 9.59 Å². The van der Waals surface area contributed by atoms with Crippen LogP contribution in [0.15, 0.2) is 64.1 Å². The van der Waals surface area contributed by atoms with E-state index in [1.807, 2.05) is 17.0 Å². The van der Waals surface area contributed by atoms with Gasteiger partial charge in [0.25, 0.3) is 5.56 Å². The van der Waals surface area contributed by atoms with E-state index in [1.54, 1.807) is 12.1 Å². The van der Waals surface area contributed by atoms with E-state index < -0.39 is 0 Å². The molecule has 5 nitrogen and oxygen atoms in total. The summed E-state index contributed by atoms with van der Waals surface area (Å²) in [6.45, 7) is 1.53. The molecule has 0 radical (unpaired) electrons. The molecule has 0 unspecified atom stereocenters. The topological polar surface area (TPSA) is 55.2 Å². The molecule has 2 heterocycles. The van der Waals surface area contributed by atoms with Gasteiger partial charge in [0.2, 0.25) is 5.91 Å². The molecule has 144 valence electrons. The van der Waals surface area contributed by atoms with Gasteiger partial charge in [0.05, 0.1) is 17.2 Å². The van der Waals surface area contributed by atoms with Crippen LogP contribution in [0.4, 0.5) is 0 Å². The summed E-state index contributed by atoms with van der Waals surface area (Å²) in [6, 6.07) is 15.9. The normalized spacial score (nSPS) is 15.1. The molecule has 0 atom stereocenters. The molecule has 0 N–H and O–H groups in total. The molecule has 0 aliphatic carbocycles. The molecule has 1 aromatic heterocycles. The van der Waals surface area contributed by atoms with Gasteiger partial charge < -0.3 is 4.90 Å². The van der Waals surface area contributed by atoms with Crippen LogP contribution in [0.2, 0.25) is 0 Å². The van der Waals surface area contributed by atoms with Crippen LogP contribution in [-0.2, 0) is 17.8 Å². The molecule has 0 spiro atoms. The summed E-state index contributed by atoms with van der Waals surface area (Å²) in [6.07, 6.45) is 4.53. The first-order chi connectivity index (χ1) is 13.6. The van der Waals surface area contributed by atoms with Gasteiger partial charge in [-0.1, -0.05) is 46.3 Å². The number of hydrogen-bond donors (Lipinski definition) is 0. The molecular weight excluding hydrogens is 418 g/mol. The van der Waals surface area contributed by atoms with Gasteiger partial charge in [-0.05, 0) is 48.9 Å². The highest BCUT2D eigenvalue weighted by atomic mass is 79.9. The molecule has 1 aliphatic heterocycles. The van der Waals surface area contributed by atoms with E-state index in [1.165, 1.54) is 16.5 Å². The van der Waals surface area contributed by atoms with E-state index in [-0.39, 0.29) is 18.0 Å². The zero-order chi connectivity index (χ0) is 19.5. The third kappa shape index (κ3) is 4.17. The van der Waals surface area contributed by atoms with E-state index in [4.69, 9.17) is 0 Å². The molecule has 1 fully saturated rings. The first kappa shape index (κ1) is 18.9. The van der Waals surface area contributed by atoms with Crippen molar-refractivity contribution in [1.29, 1.82) is 0 Å². The number of amides is 1. The summed E-state index contributed by atoms with van der Waals surface area (Å²) in [5.41, 5.74) is 1.81. The third-order valence-electron chi connectivity index (χ3n) is 5.43. The Morgan fingerprint density at radius 3 is 2.61 bits per heavy atom. The van der Waals surface area contributed by atoms with E-state index >= 15 is 0 Å². The Hall–Kier alpha value is -2.47. The van der Waals surface area contributed by atoms with Gasteiger partial charge in [-0.15, -0.1) is 0 Å². The second-order valence-electron chi connectivity index (χ2n) is 7.35. The van der Waals surface area contributed by atoms with Gasteiger partial charge in [0, 0.05) is 17.6 Å². The fraction of sp³-hybridized carbons (Fsp3) is 0.318. The minimum Gasteiger partial charge on any atom is -0.341 e. The monoisotopic (exact) mass is 439 g/mol. The highest BCUT2D eigenvalue weighted by Gasteiger charge is 2.23. The molecule has 1 amide bonds. The third-order valence-corrected chi connectivity index (χ3v) is 5.92. The van der Waals surface area contributed by atoms with Crippen LogP contribution in [0.25, 0.3) is 10.9 Å². The van der Waals surface area contributed by atoms with Gasteiger partial charge in [-0.3, -0.25) is 14.2 Å². The first-order valence-electron chi connectivity index (χ1n) is 9.56. The minimum absolute atomic E-state index is 0.0172. The fourth-order valence-electron chi connectivity index (χ4n) is 3.82. The van der Waals surface area contributed by atoms with Crippen LogP contribution in [-0.4, -0.2) is 33.4 Å². The lowest BCUT2D eigenvalue weighted by molar-refractivity contribution is -0.133. The van der Waals surface area contributed by atoms with E-state index in [0.29, 0.717) is 16.8 Å². The standard InChI is InChI=1S/C22H22BrN3O2/c23-18-6-7-20-19(13-18)22(28)26(15-24-20)14-21(27)25-10-8-17(9-11-25)12-16-4-2-1-3-5-16/h1-7,13,15,17H,8-12,14H2. The lowest BCUT2D eigenvalue weighted by Crippen LogP contribution is -2.41. The van der Waals surface area contributed by atoms with Crippen molar-refractivity contribution in [3.8, 4) is 0 Å². The quantitative estimate of drug-likeness (QED) is 0.623. The number of likely N-dealkylation sites (tertiary alicyclic amines) is 1. The van der Waals surface area contributed by atoms with Crippen molar-refractivity contribution >= 4 is 32.7 Å². The molecule has 0 bridgehead atoms. The number of carbonyl (C=O) groups excluding carboxylic acids is 1. The minimum atomic E-state index is -0.182. The van der Waals surface area contributed by atoms with Crippen LogP contribution < -0.4 is 5.56 Å². The molecular formula is C22H22BrN3O2. The van der Waals surface area contributed by atoms with Gasteiger partial charge in [-0.25, -0.2) is 4.98 Å². The maximum Gasteiger partial charge on any atom is 0.261 e. The average Bonchev–Trinajstić information content (AvgIpc) is 2.72. The summed E-state index contributed by atoms with van der Waals surface area (Å²) >= 11 is 3.38. The van der Waals surface area contributed by atoms with Crippen molar-refractivity contribution in [2.75, 3.05) is 13.1 Å². The number of aromatic nitrogens is 2. The summed E-state index contributed by atoms with van der Waals surface area (Å²) in [7, 11) is 0. The maximum atomic E-state index is 12.7. The van der Waals surface area contributed by atoms with Gasteiger partial charge in [0.15, 0.2) is 0 Å². The number of piperidine rings is 1. The number of carbonyl (C=O) groups is 1. The molecule has 0 saturated carbocycles. The molecule has 6 heteroatoms. The molecule has 28 heavy (non-hydrogen) atoms. The number of halogens is 1. The highest BCUT2D eigenvalue weighted by molar-refractivity contribution is 9.10. The Morgan fingerprint density at radius 1 is 1.11 bits per heavy atom.